The van der Waals surface area contributed by atoms with E-state index in [2.05, 4.69) is 10.1 Å². The van der Waals surface area contributed by atoms with Crippen LogP contribution >= 0.6 is 11.3 Å². The molecule has 1 aliphatic rings. The fourth-order valence-corrected chi connectivity index (χ4v) is 6.07. The van der Waals surface area contributed by atoms with Gasteiger partial charge >= 0.3 is 0 Å². The first-order valence-corrected chi connectivity index (χ1v) is 10.5. The third-order valence-electron chi connectivity index (χ3n) is 4.34. The van der Waals surface area contributed by atoms with E-state index in [0.717, 1.165) is 37.8 Å². The van der Waals surface area contributed by atoms with Crippen molar-refractivity contribution in [2.45, 2.75) is 35.9 Å². The zero-order valence-corrected chi connectivity index (χ0v) is 15.6. The van der Waals surface area contributed by atoms with Crippen LogP contribution in [0.15, 0.2) is 32.4 Å². The molecule has 1 fully saturated rings. The Morgan fingerprint density at radius 3 is 2.96 bits per heavy atom. The standard InChI is InChI=1S/C16H23N3O3S2/c1-18(2)10-7-14-5-3-4-9-19(14)24(20,21)16-11-13(12-23-16)15-6-8-17-22-15/h6,8,11-12,14H,3-5,7,9-10H2,1-2H3/t14-/m1/s1. The molecule has 3 heterocycles. The van der Waals surface area contributed by atoms with E-state index < -0.39 is 10.0 Å². The van der Waals surface area contributed by atoms with Gasteiger partial charge in [-0.05, 0) is 46.0 Å². The van der Waals surface area contributed by atoms with Crippen molar-refractivity contribution in [3.05, 3.63) is 23.7 Å². The third-order valence-corrected chi connectivity index (χ3v) is 7.71. The number of piperidine rings is 1. The second-order valence-corrected chi connectivity index (χ2v) is 9.42. The molecule has 3 rings (SSSR count). The minimum absolute atomic E-state index is 0.0852. The summed E-state index contributed by atoms with van der Waals surface area (Å²) in [6.07, 6.45) is 5.39. The van der Waals surface area contributed by atoms with Crippen LogP contribution in [0, 0.1) is 0 Å². The lowest BCUT2D eigenvalue weighted by Crippen LogP contribution is -2.44. The second-order valence-electron chi connectivity index (χ2n) is 6.39. The highest BCUT2D eigenvalue weighted by Gasteiger charge is 2.34. The van der Waals surface area contributed by atoms with E-state index in [1.807, 2.05) is 19.5 Å². The first kappa shape index (κ1) is 17.6. The Hall–Kier alpha value is -1.22. The van der Waals surface area contributed by atoms with Gasteiger partial charge in [-0.1, -0.05) is 11.6 Å². The Morgan fingerprint density at radius 2 is 2.25 bits per heavy atom. The van der Waals surface area contributed by atoms with Gasteiger partial charge < -0.3 is 9.42 Å². The maximum absolute atomic E-state index is 13.1. The Bertz CT molecular complexity index is 753. The highest BCUT2D eigenvalue weighted by molar-refractivity contribution is 7.91. The average molecular weight is 370 g/mol. The molecular formula is C16H23N3O3S2. The molecular weight excluding hydrogens is 346 g/mol. The molecule has 0 aromatic carbocycles. The average Bonchev–Trinajstić information content (AvgIpc) is 3.24. The predicted octanol–water partition coefficient (Wildman–Crippen LogP) is 2.90. The zero-order chi connectivity index (χ0) is 17.2. The van der Waals surface area contributed by atoms with Crippen LogP contribution in [0.2, 0.25) is 0 Å². The van der Waals surface area contributed by atoms with Crippen LogP contribution in [-0.4, -0.2) is 56.0 Å². The van der Waals surface area contributed by atoms with Gasteiger partial charge in [0, 0.05) is 29.6 Å². The van der Waals surface area contributed by atoms with Crippen LogP contribution in [0.1, 0.15) is 25.7 Å². The molecule has 1 saturated heterocycles. The molecule has 0 aliphatic carbocycles. The molecule has 0 bridgehead atoms. The highest BCUT2D eigenvalue weighted by Crippen LogP contribution is 2.33. The molecule has 0 amide bonds. The number of hydrogen-bond acceptors (Lipinski definition) is 6. The highest BCUT2D eigenvalue weighted by atomic mass is 32.2. The zero-order valence-electron chi connectivity index (χ0n) is 14.0. The lowest BCUT2D eigenvalue weighted by atomic mass is 10.0. The van der Waals surface area contributed by atoms with E-state index in [1.165, 1.54) is 11.3 Å². The molecule has 0 saturated carbocycles. The van der Waals surface area contributed by atoms with Crippen molar-refractivity contribution < 1.29 is 12.9 Å². The summed E-state index contributed by atoms with van der Waals surface area (Å²) in [5, 5.41) is 5.49. The third kappa shape index (κ3) is 3.72. The van der Waals surface area contributed by atoms with Crippen molar-refractivity contribution in [1.29, 1.82) is 0 Å². The largest absolute Gasteiger partial charge is 0.356 e. The van der Waals surface area contributed by atoms with Gasteiger partial charge in [-0.2, -0.15) is 4.31 Å². The van der Waals surface area contributed by atoms with Gasteiger partial charge in [-0.3, -0.25) is 0 Å². The molecule has 0 spiro atoms. The molecule has 24 heavy (non-hydrogen) atoms. The van der Waals surface area contributed by atoms with Crippen molar-refractivity contribution in [2.75, 3.05) is 27.2 Å². The normalized spacial score (nSPS) is 19.9. The van der Waals surface area contributed by atoms with Gasteiger partial charge in [0.25, 0.3) is 10.0 Å². The fraction of sp³-hybridized carbons (Fsp3) is 0.562. The molecule has 6 nitrogen and oxygen atoms in total. The molecule has 2 aromatic rings. The number of hydrogen-bond donors (Lipinski definition) is 0. The summed E-state index contributed by atoms with van der Waals surface area (Å²) in [6, 6.07) is 3.51. The number of thiophene rings is 1. The number of rotatable bonds is 6. The van der Waals surface area contributed by atoms with E-state index in [0.29, 0.717) is 16.5 Å². The maximum atomic E-state index is 13.1. The summed E-state index contributed by atoms with van der Waals surface area (Å²) in [4.78, 5) is 2.10. The van der Waals surface area contributed by atoms with Gasteiger partial charge in [0.1, 0.15) is 4.21 Å². The lowest BCUT2D eigenvalue weighted by molar-refractivity contribution is 0.223. The van der Waals surface area contributed by atoms with Gasteiger partial charge in [-0.15, -0.1) is 11.3 Å². The van der Waals surface area contributed by atoms with Crippen molar-refractivity contribution >= 4 is 21.4 Å². The van der Waals surface area contributed by atoms with Crippen LogP contribution < -0.4 is 0 Å². The summed E-state index contributed by atoms with van der Waals surface area (Å²) in [5.41, 5.74) is 0.762. The first-order chi connectivity index (χ1) is 11.5. The van der Waals surface area contributed by atoms with Crippen LogP contribution in [0.5, 0.6) is 0 Å². The summed E-state index contributed by atoms with van der Waals surface area (Å²) >= 11 is 1.25. The number of nitrogens with zero attached hydrogens (tertiary/aromatic N) is 3. The van der Waals surface area contributed by atoms with E-state index in [4.69, 9.17) is 4.52 Å². The van der Waals surface area contributed by atoms with Crippen molar-refractivity contribution in [1.82, 2.24) is 14.4 Å². The van der Waals surface area contributed by atoms with Crippen molar-refractivity contribution in [3.63, 3.8) is 0 Å². The SMILES string of the molecule is CN(C)CC[C@H]1CCCCN1S(=O)(=O)c1cc(-c2ccno2)cs1. The summed E-state index contributed by atoms with van der Waals surface area (Å²) in [7, 11) is 0.579. The Morgan fingerprint density at radius 1 is 1.42 bits per heavy atom. The molecule has 1 atom stereocenters. The van der Waals surface area contributed by atoms with Crippen molar-refractivity contribution in [3.8, 4) is 11.3 Å². The Balaban J connectivity index is 1.82. The van der Waals surface area contributed by atoms with Crippen LogP contribution in [0.4, 0.5) is 0 Å². The molecule has 0 N–H and O–H groups in total. The maximum Gasteiger partial charge on any atom is 0.252 e. The van der Waals surface area contributed by atoms with Crippen molar-refractivity contribution in [2.24, 2.45) is 0 Å². The molecule has 0 radical (unpaired) electrons. The smallest absolute Gasteiger partial charge is 0.252 e. The van der Waals surface area contributed by atoms with Crippen LogP contribution in [-0.2, 0) is 10.0 Å². The van der Waals surface area contributed by atoms with Crippen LogP contribution in [0.3, 0.4) is 0 Å². The molecule has 1 aliphatic heterocycles. The van der Waals surface area contributed by atoms with E-state index >= 15 is 0 Å². The number of sulfonamides is 1. The second kappa shape index (κ2) is 7.35. The number of aromatic nitrogens is 1. The summed E-state index contributed by atoms with van der Waals surface area (Å²) < 4.78 is 33.4. The minimum Gasteiger partial charge on any atom is -0.356 e. The minimum atomic E-state index is -3.46. The summed E-state index contributed by atoms with van der Waals surface area (Å²) in [6.45, 7) is 1.50. The topological polar surface area (TPSA) is 66.7 Å². The molecule has 8 heteroatoms. The monoisotopic (exact) mass is 369 g/mol. The van der Waals surface area contributed by atoms with E-state index in [1.54, 1.807) is 22.6 Å². The first-order valence-electron chi connectivity index (χ1n) is 8.14. The molecule has 0 unspecified atom stereocenters. The lowest BCUT2D eigenvalue weighted by Gasteiger charge is -2.34. The van der Waals surface area contributed by atoms with Gasteiger partial charge in [0.05, 0.1) is 6.20 Å². The Labute approximate surface area is 147 Å². The Kier molecular flexibility index (Phi) is 5.39. The van der Waals surface area contributed by atoms with Gasteiger partial charge in [0.2, 0.25) is 0 Å². The van der Waals surface area contributed by atoms with Crippen LogP contribution in [0.25, 0.3) is 11.3 Å². The van der Waals surface area contributed by atoms with E-state index in [-0.39, 0.29) is 6.04 Å². The van der Waals surface area contributed by atoms with E-state index in [9.17, 15) is 8.42 Å². The quantitative estimate of drug-likeness (QED) is 0.783. The fourth-order valence-electron chi connectivity index (χ4n) is 3.05. The van der Waals surface area contributed by atoms with Gasteiger partial charge in [0.15, 0.2) is 5.76 Å². The van der Waals surface area contributed by atoms with Gasteiger partial charge in [-0.25, -0.2) is 8.42 Å². The predicted molar refractivity (Wildman–Crippen MR) is 94.5 cm³/mol. The molecule has 132 valence electrons. The molecule has 2 aromatic heterocycles. The summed E-state index contributed by atoms with van der Waals surface area (Å²) in [5.74, 6) is 0.593.